The van der Waals surface area contributed by atoms with Gasteiger partial charge >= 0.3 is 5.97 Å². The summed E-state index contributed by atoms with van der Waals surface area (Å²) in [5.41, 5.74) is 0. The molecule has 0 aromatic heterocycles. The number of unbranched alkanes of at least 4 members (excludes halogenated alkanes) is 1. The van der Waals surface area contributed by atoms with Crippen molar-refractivity contribution in [3.05, 3.63) is 0 Å². The molecule has 14 heavy (non-hydrogen) atoms. The van der Waals surface area contributed by atoms with E-state index in [1.165, 1.54) is 13.5 Å². The highest BCUT2D eigenvalue weighted by atomic mass is 127. The fourth-order valence-corrected chi connectivity index (χ4v) is 2.64. The summed E-state index contributed by atoms with van der Waals surface area (Å²) >= 11 is 2.37. The lowest BCUT2D eigenvalue weighted by atomic mass is 10.1. The zero-order valence-corrected chi connectivity index (χ0v) is 10.8. The maximum atomic E-state index is 11.2. The number of hydrogen-bond donors (Lipinski definition) is 0. The van der Waals surface area contributed by atoms with Crippen LogP contribution in [0.25, 0.3) is 0 Å². The second kappa shape index (κ2) is 5.90. The van der Waals surface area contributed by atoms with Crippen molar-refractivity contribution in [1.82, 2.24) is 0 Å². The average molecular weight is 312 g/mol. The van der Waals surface area contributed by atoms with Crippen molar-refractivity contribution in [2.75, 3.05) is 7.11 Å². The number of carbonyl (C=O) groups excluding carboxylic acids is 1. The highest BCUT2D eigenvalue weighted by molar-refractivity contribution is 14.1. The van der Waals surface area contributed by atoms with Crippen molar-refractivity contribution in [3.63, 3.8) is 0 Å². The molecule has 0 aliphatic carbocycles. The van der Waals surface area contributed by atoms with Gasteiger partial charge in [-0.2, -0.15) is 0 Å². The molecule has 0 saturated carbocycles. The number of rotatable bonds is 4. The van der Waals surface area contributed by atoms with Crippen LogP contribution in [-0.2, 0) is 14.3 Å². The summed E-state index contributed by atoms with van der Waals surface area (Å²) in [6.07, 6.45) is 4.09. The van der Waals surface area contributed by atoms with Gasteiger partial charge in [-0.15, -0.1) is 0 Å². The molecule has 0 N–H and O–H groups in total. The first-order valence-electron chi connectivity index (χ1n) is 5.06. The Morgan fingerprint density at radius 1 is 1.64 bits per heavy atom. The fraction of sp³-hybridized carbons (Fsp3) is 0.900. The number of halogens is 1. The third-order valence-corrected chi connectivity index (χ3v) is 3.80. The van der Waals surface area contributed by atoms with E-state index in [2.05, 4.69) is 34.3 Å². The van der Waals surface area contributed by atoms with Crippen LogP contribution in [0, 0.1) is 0 Å². The summed E-state index contributed by atoms with van der Waals surface area (Å²) in [6, 6.07) is 0. The Balaban J connectivity index is 2.39. The molecule has 0 aromatic carbocycles. The third kappa shape index (κ3) is 3.08. The van der Waals surface area contributed by atoms with Crippen LogP contribution in [0.1, 0.15) is 32.6 Å². The molecule has 0 amide bonds. The molecule has 1 aliphatic heterocycles. The Hall–Kier alpha value is 0.160. The molecule has 3 atom stereocenters. The summed E-state index contributed by atoms with van der Waals surface area (Å²) in [7, 11) is 1.41. The van der Waals surface area contributed by atoms with Gasteiger partial charge in [-0.3, -0.25) is 0 Å². The monoisotopic (exact) mass is 312 g/mol. The van der Waals surface area contributed by atoms with Crippen LogP contribution in [-0.4, -0.2) is 29.2 Å². The molecular weight excluding hydrogens is 295 g/mol. The van der Waals surface area contributed by atoms with Crippen LogP contribution in [0.5, 0.6) is 0 Å². The van der Waals surface area contributed by atoms with Gasteiger partial charge in [-0.1, -0.05) is 42.4 Å². The van der Waals surface area contributed by atoms with E-state index in [0.29, 0.717) is 3.92 Å². The average Bonchev–Trinajstić information content (AvgIpc) is 2.56. The normalized spacial score (nSPS) is 31.8. The van der Waals surface area contributed by atoms with Crippen molar-refractivity contribution in [1.29, 1.82) is 0 Å². The lowest BCUT2D eigenvalue weighted by molar-refractivity contribution is -0.153. The van der Waals surface area contributed by atoms with Gasteiger partial charge < -0.3 is 9.47 Å². The maximum Gasteiger partial charge on any atom is 0.335 e. The first-order chi connectivity index (χ1) is 6.69. The van der Waals surface area contributed by atoms with Crippen LogP contribution < -0.4 is 0 Å². The summed E-state index contributed by atoms with van der Waals surface area (Å²) in [5, 5.41) is 0. The molecule has 1 heterocycles. The van der Waals surface area contributed by atoms with Gasteiger partial charge in [0, 0.05) is 3.92 Å². The Morgan fingerprint density at radius 3 is 2.93 bits per heavy atom. The number of methoxy groups -OCH3 is 1. The number of alkyl halides is 1. The SMILES string of the molecule is CCCC[C@@H]1O[C@@H](C(=O)OC)C[C@H]1I. The molecule has 0 aromatic rings. The Bertz CT molecular complexity index is 196. The van der Waals surface area contributed by atoms with E-state index < -0.39 is 0 Å². The van der Waals surface area contributed by atoms with Crippen LogP contribution in [0.2, 0.25) is 0 Å². The van der Waals surface area contributed by atoms with E-state index in [9.17, 15) is 4.79 Å². The fourth-order valence-electron chi connectivity index (χ4n) is 1.65. The zero-order chi connectivity index (χ0) is 10.6. The van der Waals surface area contributed by atoms with Gasteiger partial charge in [-0.05, 0) is 12.8 Å². The quantitative estimate of drug-likeness (QED) is 0.454. The molecule has 1 fully saturated rings. The summed E-state index contributed by atoms with van der Waals surface area (Å²) < 4.78 is 10.8. The minimum atomic E-state index is -0.330. The van der Waals surface area contributed by atoms with Gasteiger partial charge in [0.2, 0.25) is 0 Å². The standard InChI is InChI=1S/C10H17IO3/c1-3-4-5-8-7(11)6-9(14-8)10(12)13-2/h7-9H,3-6H2,1-2H3/t7-,8+,9-/m1/s1. The molecule has 82 valence electrons. The van der Waals surface area contributed by atoms with E-state index >= 15 is 0 Å². The van der Waals surface area contributed by atoms with Gasteiger partial charge in [0.15, 0.2) is 6.10 Å². The topological polar surface area (TPSA) is 35.5 Å². The number of ether oxygens (including phenoxy) is 2. The van der Waals surface area contributed by atoms with E-state index in [0.717, 1.165) is 19.3 Å². The minimum absolute atomic E-state index is 0.231. The molecule has 0 bridgehead atoms. The van der Waals surface area contributed by atoms with Crippen molar-refractivity contribution in [3.8, 4) is 0 Å². The molecule has 1 rings (SSSR count). The third-order valence-electron chi connectivity index (χ3n) is 2.49. The molecule has 0 spiro atoms. The van der Waals surface area contributed by atoms with E-state index in [-0.39, 0.29) is 18.2 Å². The largest absolute Gasteiger partial charge is 0.467 e. The van der Waals surface area contributed by atoms with Crippen molar-refractivity contribution >= 4 is 28.6 Å². The van der Waals surface area contributed by atoms with Crippen molar-refractivity contribution < 1.29 is 14.3 Å². The first kappa shape index (κ1) is 12.2. The highest BCUT2D eigenvalue weighted by Gasteiger charge is 2.37. The Labute approximate surface area is 98.7 Å². The molecule has 1 aliphatic rings. The smallest absolute Gasteiger partial charge is 0.335 e. The van der Waals surface area contributed by atoms with E-state index in [4.69, 9.17) is 4.74 Å². The lowest BCUT2D eigenvalue weighted by Gasteiger charge is -2.13. The number of carbonyl (C=O) groups is 1. The number of hydrogen-bond acceptors (Lipinski definition) is 3. The summed E-state index contributed by atoms with van der Waals surface area (Å²) in [4.78, 5) is 11.2. The second-order valence-electron chi connectivity index (χ2n) is 3.58. The van der Waals surface area contributed by atoms with Crippen LogP contribution in [0.15, 0.2) is 0 Å². The van der Waals surface area contributed by atoms with Crippen molar-refractivity contribution in [2.45, 2.75) is 48.7 Å². The Kier molecular flexibility index (Phi) is 5.15. The Morgan fingerprint density at radius 2 is 2.36 bits per heavy atom. The van der Waals surface area contributed by atoms with Crippen LogP contribution >= 0.6 is 22.6 Å². The second-order valence-corrected chi connectivity index (χ2v) is 5.18. The minimum Gasteiger partial charge on any atom is -0.467 e. The molecule has 3 nitrogen and oxygen atoms in total. The van der Waals surface area contributed by atoms with Gasteiger partial charge in [0.25, 0.3) is 0 Å². The predicted molar refractivity (Wildman–Crippen MR) is 62.6 cm³/mol. The molecular formula is C10H17IO3. The van der Waals surface area contributed by atoms with Gasteiger partial charge in [0.1, 0.15) is 0 Å². The highest BCUT2D eigenvalue weighted by Crippen LogP contribution is 2.30. The molecule has 0 unspecified atom stereocenters. The van der Waals surface area contributed by atoms with E-state index in [1.807, 2.05) is 0 Å². The van der Waals surface area contributed by atoms with Crippen molar-refractivity contribution in [2.24, 2.45) is 0 Å². The zero-order valence-electron chi connectivity index (χ0n) is 8.66. The summed E-state index contributed by atoms with van der Waals surface area (Å²) in [6.45, 7) is 2.16. The summed E-state index contributed by atoms with van der Waals surface area (Å²) in [5.74, 6) is -0.231. The first-order valence-corrected chi connectivity index (χ1v) is 6.31. The van der Waals surface area contributed by atoms with Crippen LogP contribution in [0.4, 0.5) is 0 Å². The van der Waals surface area contributed by atoms with Gasteiger partial charge in [-0.25, -0.2) is 4.79 Å². The molecule has 0 radical (unpaired) electrons. The van der Waals surface area contributed by atoms with Crippen LogP contribution in [0.3, 0.4) is 0 Å². The maximum absolute atomic E-state index is 11.2. The lowest BCUT2D eigenvalue weighted by Crippen LogP contribution is -2.22. The molecule has 1 saturated heterocycles. The predicted octanol–water partition coefficient (Wildman–Crippen LogP) is 2.31. The molecule has 4 heteroatoms. The van der Waals surface area contributed by atoms with E-state index in [1.54, 1.807) is 0 Å². The number of esters is 1. The van der Waals surface area contributed by atoms with Gasteiger partial charge in [0.05, 0.1) is 13.2 Å².